The van der Waals surface area contributed by atoms with Gasteiger partial charge in [-0.3, -0.25) is 0 Å². The molecule has 0 radical (unpaired) electrons. The maximum absolute atomic E-state index is 2.61. The number of allylic oxidation sites excluding steroid dienone is 4. The van der Waals surface area contributed by atoms with Gasteiger partial charge in [0.05, 0.1) is 0 Å². The molecule has 1 aliphatic rings. The Morgan fingerprint density at radius 1 is 0.667 bits per heavy atom. The van der Waals surface area contributed by atoms with Crippen LogP contribution in [0.4, 0.5) is 0 Å². The zero-order valence-corrected chi connectivity index (χ0v) is 24.7. The second kappa shape index (κ2) is 10.4. The summed E-state index contributed by atoms with van der Waals surface area (Å²) in [5, 5.41) is 4.47. The van der Waals surface area contributed by atoms with E-state index in [9.17, 15) is 0 Å². The average Bonchev–Trinajstić information content (AvgIpc) is 3.11. The van der Waals surface area contributed by atoms with Gasteiger partial charge in [-0.15, -0.1) is 0 Å². The molecule has 0 saturated heterocycles. The van der Waals surface area contributed by atoms with E-state index in [1.54, 1.807) is 5.19 Å². The third kappa shape index (κ3) is 4.16. The predicted molar refractivity (Wildman–Crippen MR) is 162 cm³/mol. The molecule has 0 aromatic heterocycles. The van der Waals surface area contributed by atoms with Crippen molar-refractivity contribution in [1.29, 1.82) is 0 Å². The van der Waals surface area contributed by atoms with Gasteiger partial charge in [-0.05, 0) is 77.7 Å². The third-order valence-electron chi connectivity index (χ3n) is 9.40. The first-order chi connectivity index (χ1) is 17.2. The lowest BCUT2D eigenvalue weighted by Crippen LogP contribution is -2.73. The Hall–Kier alpha value is -2.64. The smallest absolute Gasteiger partial charge is 0.0730 e. The van der Waals surface area contributed by atoms with E-state index >= 15 is 0 Å². The van der Waals surface area contributed by atoms with Crippen molar-refractivity contribution < 1.29 is 0 Å². The quantitative estimate of drug-likeness (QED) is 0.219. The van der Waals surface area contributed by atoms with Crippen LogP contribution in [-0.4, -0.2) is 8.07 Å². The molecule has 1 heteroatoms. The van der Waals surface area contributed by atoms with Crippen LogP contribution in [-0.2, 0) is 0 Å². The van der Waals surface area contributed by atoms with Crippen LogP contribution in [0.25, 0.3) is 0 Å². The number of rotatable bonds is 8. The molecule has 188 valence electrons. The molecule has 0 N–H and O–H groups in total. The van der Waals surface area contributed by atoms with Crippen LogP contribution in [0.2, 0.25) is 5.04 Å². The fraction of sp³-hybridized carbons (Fsp3) is 0.371. The molecule has 0 fully saturated rings. The number of hydrogen-bond donors (Lipinski definition) is 0. The minimum absolute atomic E-state index is 0.0648. The van der Waals surface area contributed by atoms with E-state index in [4.69, 9.17) is 0 Å². The molecule has 3 aromatic carbocycles. The van der Waals surface area contributed by atoms with Gasteiger partial charge < -0.3 is 0 Å². The second-order valence-corrected chi connectivity index (χ2v) is 15.5. The van der Waals surface area contributed by atoms with Crippen molar-refractivity contribution in [3.8, 4) is 0 Å². The van der Waals surface area contributed by atoms with Gasteiger partial charge in [0.15, 0.2) is 8.07 Å². The van der Waals surface area contributed by atoms with E-state index in [0.29, 0.717) is 11.8 Å². The molecule has 0 saturated carbocycles. The van der Waals surface area contributed by atoms with Gasteiger partial charge >= 0.3 is 0 Å². The molecular formula is C35H44Si. The monoisotopic (exact) mass is 492 g/mol. The third-order valence-corrected chi connectivity index (χ3v) is 15.0. The summed E-state index contributed by atoms with van der Waals surface area (Å²) in [6.07, 6.45) is 4.93. The van der Waals surface area contributed by atoms with E-state index < -0.39 is 8.07 Å². The van der Waals surface area contributed by atoms with Crippen LogP contribution < -0.4 is 15.6 Å². The highest BCUT2D eigenvalue weighted by Gasteiger charge is 2.56. The Labute approximate surface area is 221 Å². The normalized spacial score (nSPS) is 19.8. The molecule has 4 rings (SSSR count). The van der Waals surface area contributed by atoms with Crippen LogP contribution in [0, 0.1) is 0 Å². The van der Waals surface area contributed by atoms with Gasteiger partial charge in [0.1, 0.15) is 0 Å². The average molecular weight is 493 g/mol. The summed E-state index contributed by atoms with van der Waals surface area (Å²) >= 11 is 0. The van der Waals surface area contributed by atoms with E-state index in [1.165, 1.54) is 38.2 Å². The lowest BCUT2D eigenvalue weighted by molar-refractivity contribution is 0.712. The molecule has 0 nitrogen and oxygen atoms in total. The fourth-order valence-electron chi connectivity index (χ4n) is 6.43. The first-order valence-corrected chi connectivity index (χ1v) is 15.8. The molecule has 0 amide bonds. The maximum Gasteiger partial charge on any atom is 0.161 e. The molecular weight excluding hydrogens is 448 g/mol. The Morgan fingerprint density at radius 3 is 1.47 bits per heavy atom. The van der Waals surface area contributed by atoms with Crippen molar-refractivity contribution >= 4 is 23.6 Å². The summed E-state index contributed by atoms with van der Waals surface area (Å²) in [7, 11) is -2.58. The van der Waals surface area contributed by atoms with E-state index in [1.807, 2.05) is 0 Å². The molecule has 3 unspecified atom stereocenters. The number of hydrogen-bond acceptors (Lipinski definition) is 0. The molecule has 0 spiro atoms. The van der Waals surface area contributed by atoms with Gasteiger partial charge in [0.2, 0.25) is 0 Å². The zero-order chi connectivity index (χ0) is 26.1. The number of benzene rings is 3. The topological polar surface area (TPSA) is 0 Å². The standard InChI is InChI=1S/C35H44Si/c1-9-25(3)30-21-31(26(4)10-2)23-34(22-30)36(32-17-13-11-14-18-32,33-19-15-12-16-20-33)35(8)24-27(5)28(6)29(35)7/h11-26H,9-10H2,1-8H3. The van der Waals surface area contributed by atoms with Gasteiger partial charge in [-0.2, -0.15) is 0 Å². The summed E-state index contributed by atoms with van der Waals surface area (Å²) in [5.41, 5.74) is 7.41. The Bertz CT molecular complexity index is 1200. The summed E-state index contributed by atoms with van der Waals surface area (Å²) in [4.78, 5) is 0. The summed E-state index contributed by atoms with van der Waals surface area (Å²) < 4.78 is 0. The molecule has 3 atom stereocenters. The van der Waals surface area contributed by atoms with Crippen LogP contribution in [0.5, 0.6) is 0 Å². The summed E-state index contributed by atoms with van der Waals surface area (Å²) in [5.74, 6) is 1.08. The van der Waals surface area contributed by atoms with Crippen molar-refractivity contribution in [3.05, 3.63) is 113 Å². The minimum atomic E-state index is -2.58. The highest BCUT2D eigenvalue weighted by Crippen LogP contribution is 2.53. The van der Waals surface area contributed by atoms with Gasteiger partial charge in [0, 0.05) is 5.04 Å². The van der Waals surface area contributed by atoms with Crippen molar-refractivity contribution in [2.45, 2.75) is 85.1 Å². The Balaban J connectivity index is 2.22. The SMILES string of the molecule is CCC(C)c1cc(C(C)CC)cc([Si](c2ccccc2)(c2ccccc2)C2(C)C=C(C)C(C)=C2C)c1. The maximum atomic E-state index is 2.61. The first kappa shape index (κ1) is 26.4. The van der Waals surface area contributed by atoms with E-state index in [0.717, 1.165) is 12.8 Å². The molecule has 0 heterocycles. The van der Waals surface area contributed by atoms with Crippen LogP contribution >= 0.6 is 0 Å². The Kier molecular flexibility index (Phi) is 7.62. The molecule has 3 aromatic rings. The highest BCUT2D eigenvalue weighted by atomic mass is 28.3. The van der Waals surface area contributed by atoms with E-state index in [2.05, 4.69) is 140 Å². The van der Waals surface area contributed by atoms with Gasteiger partial charge in [0.25, 0.3) is 0 Å². The van der Waals surface area contributed by atoms with Crippen molar-refractivity contribution in [2.24, 2.45) is 0 Å². The molecule has 36 heavy (non-hydrogen) atoms. The molecule has 0 bridgehead atoms. The highest BCUT2D eigenvalue weighted by molar-refractivity contribution is 7.14. The fourth-order valence-corrected chi connectivity index (χ4v) is 12.6. The lowest BCUT2D eigenvalue weighted by atomic mass is 9.92. The molecule has 0 aliphatic heterocycles. The van der Waals surface area contributed by atoms with Crippen molar-refractivity contribution in [3.63, 3.8) is 0 Å². The van der Waals surface area contributed by atoms with Crippen molar-refractivity contribution in [1.82, 2.24) is 0 Å². The summed E-state index contributed by atoms with van der Waals surface area (Å²) in [6.45, 7) is 19.0. The van der Waals surface area contributed by atoms with Crippen molar-refractivity contribution in [2.75, 3.05) is 0 Å². The van der Waals surface area contributed by atoms with Crippen LogP contribution in [0.15, 0.2) is 102 Å². The lowest BCUT2D eigenvalue weighted by Gasteiger charge is -2.47. The second-order valence-electron chi connectivity index (χ2n) is 11.3. The van der Waals surface area contributed by atoms with E-state index in [-0.39, 0.29) is 5.04 Å². The minimum Gasteiger partial charge on any atom is -0.0730 e. The predicted octanol–water partition coefficient (Wildman–Crippen LogP) is 8.24. The largest absolute Gasteiger partial charge is 0.161 e. The Morgan fingerprint density at radius 2 is 1.11 bits per heavy atom. The van der Waals surface area contributed by atoms with Gasteiger partial charge in [-0.1, -0.05) is 131 Å². The molecule has 1 aliphatic carbocycles. The van der Waals surface area contributed by atoms with Gasteiger partial charge in [-0.25, -0.2) is 0 Å². The first-order valence-electron chi connectivity index (χ1n) is 13.8. The van der Waals surface area contributed by atoms with Crippen LogP contribution in [0.1, 0.15) is 91.2 Å². The summed E-state index contributed by atoms with van der Waals surface area (Å²) in [6, 6.07) is 30.7. The van der Waals surface area contributed by atoms with Crippen LogP contribution in [0.3, 0.4) is 0 Å². The zero-order valence-electron chi connectivity index (χ0n) is 23.7.